The second kappa shape index (κ2) is 5.68. The smallest absolute Gasteiger partial charge is 0.0794 e. The number of aromatic nitrogens is 1. The number of rotatable bonds is 3. The van der Waals surface area contributed by atoms with Gasteiger partial charge in [0, 0.05) is 43.5 Å². The van der Waals surface area contributed by atoms with Gasteiger partial charge in [-0.2, -0.15) is 0 Å². The molecule has 2 aliphatic rings. The molecule has 3 nitrogen and oxygen atoms in total. The molecule has 1 spiro atoms. The highest BCUT2D eigenvalue weighted by molar-refractivity contribution is 7.07. The Balaban J connectivity index is 1.53. The van der Waals surface area contributed by atoms with E-state index in [1.165, 1.54) is 57.4 Å². The van der Waals surface area contributed by atoms with Gasteiger partial charge < -0.3 is 5.32 Å². The summed E-state index contributed by atoms with van der Waals surface area (Å²) >= 11 is 1.71. The molecule has 3 rings (SSSR count). The van der Waals surface area contributed by atoms with Gasteiger partial charge in [0.25, 0.3) is 0 Å². The second-order valence-electron chi connectivity index (χ2n) is 5.77. The fourth-order valence-electron chi connectivity index (χ4n) is 3.43. The van der Waals surface area contributed by atoms with Crippen LogP contribution in [0.1, 0.15) is 37.8 Å². The summed E-state index contributed by atoms with van der Waals surface area (Å²) in [4.78, 5) is 7.02. The van der Waals surface area contributed by atoms with E-state index in [2.05, 4.69) is 20.6 Å². The zero-order valence-corrected chi connectivity index (χ0v) is 11.8. The first kappa shape index (κ1) is 12.6. The Hall–Kier alpha value is -0.450. The van der Waals surface area contributed by atoms with Crippen LogP contribution in [0.5, 0.6) is 0 Å². The standard InChI is InChI=1S/C14H23N3S/c1-2-5-14(6-3-1)11-17(9-7-16-14)8-4-13-10-18-12-15-13/h10,12,16H,1-9,11H2. The number of nitrogens with zero attached hydrogens (tertiary/aromatic N) is 2. The van der Waals surface area contributed by atoms with Crippen molar-refractivity contribution in [2.75, 3.05) is 26.2 Å². The Labute approximate surface area is 114 Å². The van der Waals surface area contributed by atoms with Gasteiger partial charge in [0.2, 0.25) is 0 Å². The van der Waals surface area contributed by atoms with Crippen LogP contribution in [0.15, 0.2) is 10.9 Å². The monoisotopic (exact) mass is 265 g/mol. The SMILES string of the molecule is c1nc(CCN2CCNC3(CCCCC3)C2)cs1. The number of hydrogen-bond acceptors (Lipinski definition) is 4. The zero-order chi connectivity index (χ0) is 12.3. The van der Waals surface area contributed by atoms with Crippen LogP contribution in [-0.4, -0.2) is 41.6 Å². The molecule has 1 aromatic heterocycles. The molecule has 100 valence electrons. The van der Waals surface area contributed by atoms with E-state index in [0.29, 0.717) is 5.54 Å². The molecule has 1 saturated carbocycles. The van der Waals surface area contributed by atoms with Gasteiger partial charge in [-0.1, -0.05) is 19.3 Å². The first-order chi connectivity index (χ1) is 8.86. The molecular weight excluding hydrogens is 242 g/mol. The summed E-state index contributed by atoms with van der Waals surface area (Å²) in [5, 5.41) is 5.98. The molecule has 0 unspecified atom stereocenters. The Morgan fingerprint density at radius 3 is 3.00 bits per heavy atom. The van der Waals surface area contributed by atoms with Crippen LogP contribution in [0, 0.1) is 0 Å². The number of hydrogen-bond donors (Lipinski definition) is 1. The minimum absolute atomic E-state index is 0.443. The third kappa shape index (κ3) is 2.92. The van der Waals surface area contributed by atoms with Crippen molar-refractivity contribution in [3.63, 3.8) is 0 Å². The fourth-order valence-corrected chi connectivity index (χ4v) is 4.02. The van der Waals surface area contributed by atoms with Gasteiger partial charge in [0.15, 0.2) is 0 Å². The van der Waals surface area contributed by atoms with Gasteiger partial charge in [-0.05, 0) is 12.8 Å². The van der Waals surface area contributed by atoms with Crippen molar-refractivity contribution in [1.29, 1.82) is 0 Å². The van der Waals surface area contributed by atoms with Gasteiger partial charge in [0.05, 0.1) is 11.2 Å². The van der Waals surface area contributed by atoms with E-state index in [-0.39, 0.29) is 0 Å². The third-order valence-corrected chi connectivity index (χ3v) is 5.07. The lowest BCUT2D eigenvalue weighted by atomic mass is 9.80. The van der Waals surface area contributed by atoms with E-state index in [1.54, 1.807) is 11.3 Å². The van der Waals surface area contributed by atoms with E-state index in [0.717, 1.165) is 13.0 Å². The summed E-state index contributed by atoms with van der Waals surface area (Å²) in [5.74, 6) is 0. The van der Waals surface area contributed by atoms with Crippen molar-refractivity contribution in [3.05, 3.63) is 16.6 Å². The zero-order valence-electron chi connectivity index (χ0n) is 11.0. The van der Waals surface area contributed by atoms with Gasteiger partial charge in [-0.3, -0.25) is 4.90 Å². The van der Waals surface area contributed by atoms with Gasteiger partial charge in [-0.25, -0.2) is 4.98 Å². The molecule has 1 aromatic rings. The predicted octanol–water partition coefficient (Wildman–Crippen LogP) is 2.29. The van der Waals surface area contributed by atoms with Gasteiger partial charge >= 0.3 is 0 Å². The number of thiazole rings is 1. The highest BCUT2D eigenvalue weighted by Gasteiger charge is 2.35. The molecule has 1 aliphatic carbocycles. The van der Waals surface area contributed by atoms with E-state index < -0.39 is 0 Å². The molecule has 0 bridgehead atoms. The summed E-state index contributed by atoms with van der Waals surface area (Å²) in [7, 11) is 0. The van der Waals surface area contributed by atoms with Crippen molar-refractivity contribution >= 4 is 11.3 Å². The molecule has 4 heteroatoms. The lowest BCUT2D eigenvalue weighted by Gasteiger charge is -2.46. The van der Waals surface area contributed by atoms with Crippen molar-refractivity contribution < 1.29 is 0 Å². The summed E-state index contributed by atoms with van der Waals surface area (Å²) < 4.78 is 0. The van der Waals surface area contributed by atoms with Crippen LogP contribution in [0.2, 0.25) is 0 Å². The average Bonchev–Trinajstić information content (AvgIpc) is 2.91. The summed E-state index contributed by atoms with van der Waals surface area (Å²) in [5.41, 5.74) is 3.64. The first-order valence-electron chi connectivity index (χ1n) is 7.21. The largest absolute Gasteiger partial charge is 0.309 e. The number of nitrogens with one attached hydrogen (secondary N) is 1. The minimum atomic E-state index is 0.443. The lowest BCUT2D eigenvalue weighted by molar-refractivity contribution is 0.100. The minimum Gasteiger partial charge on any atom is -0.309 e. The van der Waals surface area contributed by atoms with Crippen LogP contribution < -0.4 is 5.32 Å². The summed E-state index contributed by atoms with van der Waals surface area (Å²) in [6, 6.07) is 0. The van der Waals surface area contributed by atoms with Crippen molar-refractivity contribution in [2.45, 2.75) is 44.1 Å². The number of piperazine rings is 1. The molecule has 0 aromatic carbocycles. The van der Waals surface area contributed by atoms with Crippen molar-refractivity contribution in [3.8, 4) is 0 Å². The molecule has 2 fully saturated rings. The normalized spacial score (nSPS) is 24.4. The highest BCUT2D eigenvalue weighted by Crippen LogP contribution is 2.30. The van der Waals surface area contributed by atoms with Crippen molar-refractivity contribution in [1.82, 2.24) is 15.2 Å². The topological polar surface area (TPSA) is 28.2 Å². The van der Waals surface area contributed by atoms with Crippen LogP contribution in [0.25, 0.3) is 0 Å². The third-order valence-electron chi connectivity index (χ3n) is 4.43. The van der Waals surface area contributed by atoms with Crippen LogP contribution in [0.4, 0.5) is 0 Å². The summed E-state index contributed by atoms with van der Waals surface area (Å²) in [6.07, 6.45) is 8.11. The second-order valence-corrected chi connectivity index (χ2v) is 6.49. The van der Waals surface area contributed by atoms with E-state index in [9.17, 15) is 0 Å². The predicted molar refractivity (Wildman–Crippen MR) is 76.1 cm³/mol. The Morgan fingerprint density at radius 1 is 1.33 bits per heavy atom. The Morgan fingerprint density at radius 2 is 2.22 bits per heavy atom. The van der Waals surface area contributed by atoms with Crippen LogP contribution >= 0.6 is 11.3 Å². The molecule has 0 amide bonds. The van der Waals surface area contributed by atoms with E-state index in [1.807, 2.05) is 5.51 Å². The molecule has 18 heavy (non-hydrogen) atoms. The molecule has 1 aliphatic heterocycles. The Bertz CT molecular complexity index is 352. The molecule has 1 N–H and O–H groups in total. The van der Waals surface area contributed by atoms with Crippen molar-refractivity contribution in [2.24, 2.45) is 0 Å². The maximum absolute atomic E-state index is 4.38. The molecule has 2 heterocycles. The lowest BCUT2D eigenvalue weighted by Crippen LogP contribution is -2.61. The molecule has 0 radical (unpaired) electrons. The maximum Gasteiger partial charge on any atom is 0.0794 e. The van der Waals surface area contributed by atoms with Gasteiger partial charge in [-0.15, -0.1) is 11.3 Å². The Kier molecular flexibility index (Phi) is 3.97. The van der Waals surface area contributed by atoms with E-state index >= 15 is 0 Å². The average molecular weight is 265 g/mol. The highest BCUT2D eigenvalue weighted by atomic mass is 32.1. The molecular formula is C14H23N3S. The molecule has 1 saturated heterocycles. The van der Waals surface area contributed by atoms with Crippen LogP contribution in [0.3, 0.4) is 0 Å². The quantitative estimate of drug-likeness (QED) is 0.909. The summed E-state index contributed by atoms with van der Waals surface area (Å²) in [6.45, 7) is 4.78. The van der Waals surface area contributed by atoms with Crippen LogP contribution in [-0.2, 0) is 6.42 Å². The van der Waals surface area contributed by atoms with Gasteiger partial charge in [0.1, 0.15) is 0 Å². The fraction of sp³-hybridized carbons (Fsp3) is 0.786. The molecule has 0 atom stereocenters. The maximum atomic E-state index is 4.38. The van der Waals surface area contributed by atoms with E-state index in [4.69, 9.17) is 0 Å². The first-order valence-corrected chi connectivity index (χ1v) is 8.15.